The van der Waals surface area contributed by atoms with Gasteiger partial charge in [0.15, 0.2) is 0 Å². The Bertz CT molecular complexity index is 664. The zero-order valence-corrected chi connectivity index (χ0v) is 15.2. The molecule has 2 nitrogen and oxygen atoms in total. The fourth-order valence-electron chi connectivity index (χ4n) is 2.53. The SMILES string of the molecule is Cc1ccc(CSCC(=O)N[C@@H](C)c2cc(C)ccc2C)cc1. The summed E-state index contributed by atoms with van der Waals surface area (Å²) in [5, 5.41) is 3.10. The summed E-state index contributed by atoms with van der Waals surface area (Å²) < 4.78 is 0. The van der Waals surface area contributed by atoms with Crippen LogP contribution in [0.5, 0.6) is 0 Å². The van der Waals surface area contributed by atoms with E-state index in [-0.39, 0.29) is 11.9 Å². The number of benzene rings is 2. The minimum absolute atomic E-state index is 0.0439. The summed E-state index contributed by atoms with van der Waals surface area (Å²) in [6.45, 7) is 8.29. The number of hydrogen-bond acceptors (Lipinski definition) is 2. The summed E-state index contributed by atoms with van der Waals surface area (Å²) >= 11 is 1.65. The third-order valence-corrected chi connectivity index (χ3v) is 4.90. The largest absolute Gasteiger partial charge is 0.349 e. The van der Waals surface area contributed by atoms with Gasteiger partial charge in [0.25, 0.3) is 0 Å². The lowest BCUT2D eigenvalue weighted by atomic mass is 10.00. The van der Waals surface area contributed by atoms with E-state index in [0.29, 0.717) is 5.75 Å². The van der Waals surface area contributed by atoms with Crippen molar-refractivity contribution >= 4 is 17.7 Å². The Morgan fingerprint density at radius 3 is 2.39 bits per heavy atom. The number of amides is 1. The standard InChI is InChI=1S/C20H25NOS/c1-14-6-9-18(10-7-14)12-23-13-20(22)21-17(4)19-11-15(2)5-8-16(19)3/h5-11,17H,12-13H2,1-4H3,(H,21,22)/t17-/m0/s1. The molecular formula is C20H25NOS. The zero-order valence-electron chi connectivity index (χ0n) is 14.3. The van der Waals surface area contributed by atoms with Gasteiger partial charge in [-0.05, 0) is 44.4 Å². The van der Waals surface area contributed by atoms with Crippen molar-refractivity contribution in [3.8, 4) is 0 Å². The molecule has 0 aliphatic carbocycles. The van der Waals surface area contributed by atoms with E-state index >= 15 is 0 Å². The van der Waals surface area contributed by atoms with E-state index in [4.69, 9.17) is 0 Å². The second-order valence-electron chi connectivity index (χ2n) is 6.13. The maximum atomic E-state index is 12.1. The van der Waals surface area contributed by atoms with Crippen LogP contribution in [0.1, 0.15) is 40.8 Å². The van der Waals surface area contributed by atoms with Crippen LogP contribution in [0, 0.1) is 20.8 Å². The average Bonchev–Trinajstić information content (AvgIpc) is 2.51. The van der Waals surface area contributed by atoms with Gasteiger partial charge in [0.2, 0.25) is 5.91 Å². The molecule has 2 aromatic rings. The molecule has 0 saturated heterocycles. The molecule has 0 radical (unpaired) electrons. The predicted octanol–water partition coefficient (Wildman–Crippen LogP) is 4.72. The van der Waals surface area contributed by atoms with E-state index in [2.05, 4.69) is 68.6 Å². The normalized spacial score (nSPS) is 12.0. The number of thioether (sulfide) groups is 1. The van der Waals surface area contributed by atoms with Crippen LogP contribution < -0.4 is 5.32 Å². The Hall–Kier alpha value is -1.74. The minimum Gasteiger partial charge on any atom is -0.349 e. The first-order valence-electron chi connectivity index (χ1n) is 7.95. The third kappa shape index (κ3) is 5.43. The third-order valence-electron chi connectivity index (χ3n) is 3.90. The van der Waals surface area contributed by atoms with Crippen molar-refractivity contribution in [1.82, 2.24) is 5.32 Å². The van der Waals surface area contributed by atoms with Crippen LogP contribution in [-0.4, -0.2) is 11.7 Å². The van der Waals surface area contributed by atoms with Crippen LogP contribution in [0.15, 0.2) is 42.5 Å². The number of rotatable bonds is 6. The van der Waals surface area contributed by atoms with Gasteiger partial charge in [0, 0.05) is 5.75 Å². The Balaban J connectivity index is 1.82. The van der Waals surface area contributed by atoms with Gasteiger partial charge in [-0.15, -0.1) is 11.8 Å². The molecule has 0 unspecified atom stereocenters. The topological polar surface area (TPSA) is 29.1 Å². The maximum Gasteiger partial charge on any atom is 0.230 e. The first kappa shape index (κ1) is 17.6. The van der Waals surface area contributed by atoms with Gasteiger partial charge in [0.05, 0.1) is 11.8 Å². The smallest absolute Gasteiger partial charge is 0.230 e. The molecule has 1 N–H and O–H groups in total. The number of carbonyl (C=O) groups is 1. The molecule has 0 bridgehead atoms. The Morgan fingerprint density at radius 1 is 1.04 bits per heavy atom. The molecule has 0 aromatic heterocycles. The lowest BCUT2D eigenvalue weighted by molar-refractivity contribution is -0.119. The van der Waals surface area contributed by atoms with Crippen LogP contribution in [-0.2, 0) is 10.5 Å². The van der Waals surface area contributed by atoms with Gasteiger partial charge in [0.1, 0.15) is 0 Å². The zero-order chi connectivity index (χ0) is 16.8. The van der Waals surface area contributed by atoms with E-state index in [1.807, 2.05) is 6.92 Å². The molecule has 23 heavy (non-hydrogen) atoms. The lowest BCUT2D eigenvalue weighted by Gasteiger charge is -2.17. The van der Waals surface area contributed by atoms with E-state index in [9.17, 15) is 4.79 Å². The maximum absolute atomic E-state index is 12.1. The summed E-state index contributed by atoms with van der Waals surface area (Å²) in [6.07, 6.45) is 0. The molecule has 0 aliphatic rings. The van der Waals surface area contributed by atoms with E-state index < -0.39 is 0 Å². The average molecular weight is 327 g/mol. The highest BCUT2D eigenvalue weighted by Crippen LogP contribution is 2.19. The molecule has 3 heteroatoms. The van der Waals surface area contributed by atoms with Gasteiger partial charge >= 0.3 is 0 Å². The second kappa shape index (κ2) is 8.21. The second-order valence-corrected chi connectivity index (χ2v) is 7.11. The van der Waals surface area contributed by atoms with E-state index in [0.717, 1.165) is 5.75 Å². The van der Waals surface area contributed by atoms with E-state index in [1.165, 1.54) is 27.8 Å². The first-order chi connectivity index (χ1) is 11.0. The molecule has 0 heterocycles. The minimum atomic E-state index is 0.0439. The highest BCUT2D eigenvalue weighted by Gasteiger charge is 2.12. The van der Waals surface area contributed by atoms with Crippen molar-refractivity contribution in [1.29, 1.82) is 0 Å². The molecule has 2 aromatic carbocycles. The van der Waals surface area contributed by atoms with Crippen molar-refractivity contribution in [2.45, 2.75) is 39.5 Å². The van der Waals surface area contributed by atoms with Gasteiger partial charge in [-0.1, -0.05) is 53.6 Å². The first-order valence-corrected chi connectivity index (χ1v) is 9.11. The van der Waals surface area contributed by atoms with Crippen molar-refractivity contribution in [3.05, 3.63) is 70.3 Å². The molecule has 0 aliphatic heterocycles. The molecule has 0 saturated carbocycles. The van der Waals surface area contributed by atoms with Gasteiger partial charge in [-0.2, -0.15) is 0 Å². The Labute approximate surface area is 143 Å². The van der Waals surface area contributed by atoms with Crippen LogP contribution in [0.4, 0.5) is 0 Å². The van der Waals surface area contributed by atoms with Gasteiger partial charge in [-0.3, -0.25) is 4.79 Å². The van der Waals surface area contributed by atoms with Crippen molar-refractivity contribution < 1.29 is 4.79 Å². The highest BCUT2D eigenvalue weighted by atomic mass is 32.2. The summed E-state index contributed by atoms with van der Waals surface area (Å²) in [7, 11) is 0. The summed E-state index contributed by atoms with van der Waals surface area (Å²) in [5.74, 6) is 1.45. The molecule has 1 atom stereocenters. The molecule has 122 valence electrons. The molecule has 2 rings (SSSR count). The molecule has 0 fully saturated rings. The fraction of sp³-hybridized carbons (Fsp3) is 0.350. The number of hydrogen-bond donors (Lipinski definition) is 1. The molecular weight excluding hydrogens is 302 g/mol. The summed E-state index contributed by atoms with van der Waals surface area (Å²) in [5.41, 5.74) is 6.16. The van der Waals surface area contributed by atoms with E-state index in [1.54, 1.807) is 11.8 Å². The van der Waals surface area contributed by atoms with Gasteiger partial charge in [-0.25, -0.2) is 0 Å². The predicted molar refractivity (Wildman–Crippen MR) is 99.8 cm³/mol. The quantitative estimate of drug-likeness (QED) is 0.831. The number of carbonyl (C=O) groups excluding carboxylic acids is 1. The van der Waals surface area contributed by atoms with Crippen LogP contribution in [0.2, 0.25) is 0 Å². The number of nitrogens with one attached hydrogen (secondary N) is 1. The molecule has 1 amide bonds. The summed E-state index contributed by atoms with van der Waals surface area (Å²) in [6, 6.07) is 14.9. The Morgan fingerprint density at radius 2 is 1.70 bits per heavy atom. The van der Waals surface area contributed by atoms with Crippen LogP contribution >= 0.6 is 11.8 Å². The molecule has 0 spiro atoms. The van der Waals surface area contributed by atoms with Crippen molar-refractivity contribution in [2.75, 3.05) is 5.75 Å². The van der Waals surface area contributed by atoms with Gasteiger partial charge < -0.3 is 5.32 Å². The van der Waals surface area contributed by atoms with Crippen molar-refractivity contribution in [2.24, 2.45) is 0 Å². The van der Waals surface area contributed by atoms with Crippen LogP contribution in [0.25, 0.3) is 0 Å². The monoisotopic (exact) mass is 327 g/mol. The van der Waals surface area contributed by atoms with Crippen LogP contribution in [0.3, 0.4) is 0 Å². The highest BCUT2D eigenvalue weighted by molar-refractivity contribution is 7.99. The lowest BCUT2D eigenvalue weighted by Crippen LogP contribution is -2.28. The summed E-state index contributed by atoms with van der Waals surface area (Å²) in [4.78, 5) is 12.1. The Kier molecular flexibility index (Phi) is 6.28. The van der Waals surface area contributed by atoms with Crippen molar-refractivity contribution in [3.63, 3.8) is 0 Å². The number of aryl methyl sites for hydroxylation is 3. The fourth-order valence-corrected chi connectivity index (χ4v) is 3.33.